The zero-order valence-electron chi connectivity index (χ0n) is 16.5. The molecule has 0 aliphatic carbocycles. The van der Waals surface area contributed by atoms with Crippen LogP contribution in [0.5, 0.6) is 0 Å². The predicted molar refractivity (Wildman–Crippen MR) is 125 cm³/mol. The van der Waals surface area contributed by atoms with Gasteiger partial charge in [-0.25, -0.2) is 0 Å². The van der Waals surface area contributed by atoms with Crippen molar-refractivity contribution in [2.75, 3.05) is 26.7 Å². The SMILES string of the molecule is CCNC(=NCCCNC(=O)c1occc1C)N(C)Cc1ccc(Cl)cc1.I. The van der Waals surface area contributed by atoms with Crippen molar-refractivity contribution < 1.29 is 9.21 Å². The van der Waals surface area contributed by atoms with E-state index in [1.165, 1.54) is 6.26 Å². The fraction of sp³-hybridized carbons (Fsp3) is 0.400. The number of carbonyl (C=O) groups is 1. The largest absolute Gasteiger partial charge is 0.459 e. The van der Waals surface area contributed by atoms with E-state index in [1.807, 2.05) is 45.2 Å². The number of amides is 1. The number of hydrogen-bond donors (Lipinski definition) is 2. The average molecular weight is 519 g/mol. The molecule has 0 saturated heterocycles. The summed E-state index contributed by atoms with van der Waals surface area (Å²) >= 11 is 5.94. The number of rotatable bonds is 8. The first-order chi connectivity index (χ1) is 13.0. The molecule has 0 spiro atoms. The summed E-state index contributed by atoms with van der Waals surface area (Å²) in [7, 11) is 2.00. The standard InChI is InChI=1S/C20H27ClN4O2.HI/c1-4-22-20(25(3)14-16-6-8-17(21)9-7-16)24-12-5-11-23-19(26)18-15(2)10-13-27-18;/h6-10,13H,4-5,11-12,14H2,1-3H3,(H,22,24)(H,23,26);1H. The molecule has 0 atom stereocenters. The van der Waals surface area contributed by atoms with Crippen molar-refractivity contribution in [3.63, 3.8) is 0 Å². The van der Waals surface area contributed by atoms with E-state index in [4.69, 9.17) is 16.0 Å². The summed E-state index contributed by atoms with van der Waals surface area (Å²) in [5.74, 6) is 1.02. The summed E-state index contributed by atoms with van der Waals surface area (Å²) in [6.45, 7) is 6.57. The van der Waals surface area contributed by atoms with Gasteiger partial charge in [0, 0.05) is 43.8 Å². The van der Waals surface area contributed by atoms with Crippen molar-refractivity contribution in [3.8, 4) is 0 Å². The molecule has 0 bridgehead atoms. The van der Waals surface area contributed by atoms with Gasteiger partial charge in [-0.15, -0.1) is 24.0 Å². The summed E-state index contributed by atoms with van der Waals surface area (Å²) in [4.78, 5) is 18.7. The van der Waals surface area contributed by atoms with Crippen molar-refractivity contribution in [3.05, 3.63) is 58.5 Å². The summed E-state index contributed by atoms with van der Waals surface area (Å²) in [6.07, 6.45) is 2.27. The van der Waals surface area contributed by atoms with E-state index in [1.54, 1.807) is 6.07 Å². The minimum Gasteiger partial charge on any atom is -0.459 e. The highest BCUT2D eigenvalue weighted by Gasteiger charge is 2.11. The Morgan fingerprint density at radius 3 is 2.54 bits per heavy atom. The Labute approximate surface area is 188 Å². The van der Waals surface area contributed by atoms with Crippen LogP contribution in [0.1, 0.15) is 35.0 Å². The Kier molecular flexibility index (Phi) is 11.0. The van der Waals surface area contributed by atoms with Gasteiger partial charge in [0.15, 0.2) is 11.7 Å². The molecule has 0 aliphatic rings. The maximum atomic E-state index is 12.0. The maximum absolute atomic E-state index is 12.0. The monoisotopic (exact) mass is 518 g/mol. The Morgan fingerprint density at radius 2 is 1.93 bits per heavy atom. The molecule has 0 radical (unpaired) electrons. The number of aliphatic imine (C=N–C) groups is 1. The van der Waals surface area contributed by atoms with Crippen LogP contribution in [0, 0.1) is 6.92 Å². The molecule has 1 aromatic carbocycles. The minimum atomic E-state index is -0.187. The van der Waals surface area contributed by atoms with E-state index in [0.29, 0.717) is 18.8 Å². The highest BCUT2D eigenvalue weighted by atomic mass is 127. The van der Waals surface area contributed by atoms with Crippen LogP contribution in [0.3, 0.4) is 0 Å². The first kappa shape index (κ1) is 24.3. The van der Waals surface area contributed by atoms with E-state index < -0.39 is 0 Å². The normalized spacial score (nSPS) is 10.9. The molecule has 0 saturated carbocycles. The van der Waals surface area contributed by atoms with Gasteiger partial charge in [0.1, 0.15) is 0 Å². The zero-order chi connectivity index (χ0) is 19.6. The number of halogens is 2. The van der Waals surface area contributed by atoms with Crippen molar-refractivity contribution in [2.24, 2.45) is 4.99 Å². The highest BCUT2D eigenvalue weighted by molar-refractivity contribution is 14.0. The van der Waals surface area contributed by atoms with Crippen molar-refractivity contribution in [1.82, 2.24) is 15.5 Å². The molecule has 2 N–H and O–H groups in total. The van der Waals surface area contributed by atoms with Gasteiger partial charge < -0.3 is 20.0 Å². The van der Waals surface area contributed by atoms with Gasteiger partial charge in [0.25, 0.3) is 5.91 Å². The van der Waals surface area contributed by atoms with Crippen molar-refractivity contribution >= 4 is 47.4 Å². The third-order valence-electron chi connectivity index (χ3n) is 3.98. The van der Waals surface area contributed by atoms with E-state index in [2.05, 4.69) is 20.5 Å². The number of aryl methyl sites for hydroxylation is 1. The zero-order valence-corrected chi connectivity index (χ0v) is 19.6. The summed E-state index contributed by atoms with van der Waals surface area (Å²) in [6, 6.07) is 9.57. The second kappa shape index (κ2) is 12.7. The number of guanidine groups is 1. The average Bonchev–Trinajstić information content (AvgIpc) is 3.08. The molecule has 1 heterocycles. The van der Waals surface area contributed by atoms with Gasteiger partial charge >= 0.3 is 0 Å². The molecule has 1 amide bonds. The van der Waals surface area contributed by atoms with Crippen LogP contribution in [-0.4, -0.2) is 43.4 Å². The van der Waals surface area contributed by atoms with Gasteiger partial charge in [-0.2, -0.15) is 0 Å². The molecule has 28 heavy (non-hydrogen) atoms. The maximum Gasteiger partial charge on any atom is 0.287 e. The smallest absolute Gasteiger partial charge is 0.287 e. The molecular weight excluding hydrogens is 491 g/mol. The second-order valence-corrected chi connectivity index (χ2v) is 6.70. The molecular formula is C20H28ClIN4O2. The third kappa shape index (κ3) is 7.71. The lowest BCUT2D eigenvalue weighted by molar-refractivity contribution is 0.0925. The number of benzene rings is 1. The molecule has 1 aromatic heterocycles. The van der Waals surface area contributed by atoms with Crippen LogP contribution in [0.25, 0.3) is 0 Å². The Bertz CT molecular complexity index is 762. The number of hydrogen-bond acceptors (Lipinski definition) is 3. The lowest BCUT2D eigenvalue weighted by atomic mass is 10.2. The minimum absolute atomic E-state index is 0. The van der Waals surface area contributed by atoms with Crippen LogP contribution in [0.15, 0.2) is 46.0 Å². The fourth-order valence-electron chi connectivity index (χ4n) is 2.56. The Balaban J connectivity index is 0.00000392. The van der Waals surface area contributed by atoms with Crippen LogP contribution < -0.4 is 10.6 Å². The van der Waals surface area contributed by atoms with Crippen LogP contribution in [0.2, 0.25) is 5.02 Å². The number of carbonyl (C=O) groups excluding carboxylic acids is 1. The molecule has 154 valence electrons. The van der Waals surface area contributed by atoms with E-state index in [9.17, 15) is 4.79 Å². The lowest BCUT2D eigenvalue weighted by Crippen LogP contribution is -2.38. The van der Waals surface area contributed by atoms with E-state index >= 15 is 0 Å². The van der Waals surface area contributed by atoms with Gasteiger partial charge in [0.05, 0.1) is 6.26 Å². The van der Waals surface area contributed by atoms with Gasteiger partial charge in [-0.3, -0.25) is 9.79 Å². The molecule has 0 aliphatic heterocycles. The Hall–Kier alpha value is -1.74. The fourth-order valence-corrected chi connectivity index (χ4v) is 2.69. The number of nitrogens with zero attached hydrogens (tertiary/aromatic N) is 2. The molecule has 8 heteroatoms. The van der Waals surface area contributed by atoms with E-state index in [0.717, 1.165) is 41.6 Å². The predicted octanol–water partition coefficient (Wildman–Crippen LogP) is 4.08. The molecule has 0 unspecified atom stereocenters. The van der Waals surface area contributed by atoms with Crippen LogP contribution in [-0.2, 0) is 6.54 Å². The topological polar surface area (TPSA) is 69.9 Å². The first-order valence-corrected chi connectivity index (χ1v) is 9.45. The summed E-state index contributed by atoms with van der Waals surface area (Å²) in [5.41, 5.74) is 2.00. The van der Waals surface area contributed by atoms with Crippen molar-refractivity contribution in [2.45, 2.75) is 26.8 Å². The van der Waals surface area contributed by atoms with E-state index in [-0.39, 0.29) is 29.9 Å². The van der Waals surface area contributed by atoms with Gasteiger partial charge in [0.2, 0.25) is 0 Å². The Morgan fingerprint density at radius 1 is 1.21 bits per heavy atom. The van der Waals surface area contributed by atoms with Gasteiger partial charge in [-0.05, 0) is 44.0 Å². The molecule has 6 nitrogen and oxygen atoms in total. The first-order valence-electron chi connectivity index (χ1n) is 9.07. The summed E-state index contributed by atoms with van der Waals surface area (Å²) in [5, 5.41) is 6.88. The van der Waals surface area contributed by atoms with Crippen LogP contribution in [0.4, 0.5) is 0 Å². The second-order valence-electron chi connectivity index (χ2n) is 6.26. The van der Waals surface area contributed by atoms with Crippen molar-refractivity contribution in [1.29, 1.82) is 0 Å². The number of nitrogens with one attached hydrogen (secondary N) is 2. The van der Waals surface area contributed by atoms with Crippen LogP contribution >= 0.6 is 35.6 Å². The highest BCUT2D eigenvalue weighted by Crippen LogP contribution is 2.11. The quantitative estimate of drug-likeness (QED) is 0.239. The summed E-state index contributed by atoms with van der Waals surface area (Å²) < 4.78 is 5.18. The molecule has 2 rings (SSSR count). The third-order valence-corrected chi connectivity index (χ3v) is 4.23. The van der Waals surface area contributed by atoms with Gasteiger partial charge in [-0.1, -0.05) is 23.7 Å². The number of furan rings is 1. The molecule has 0 fully saturated rings. The lowest BCUT2D eigenvalue weighted by Gasteiger charge is -2.22. The molecule has 2 aromatic rings.